The van der Waals surface area contributed by atoms with Crippen molar-refractivity contribution in [2.75, 3.05) is 52.3 Å². The summed E-state index contributed by atoms with van der Waals surface area (Å²) in [5.74, 6) is 1.42. The lowest BCUT2D eigenvalue weighted by atomic mass is 9.91. The SMILES string of the molecule is COc1ccc(CCO[C@@H]2CCCC[C@H]2N2CC[C@@H](OC(=O)NCCCCNc3cc(C)ccc3C3=NNC(=O)CC3)C2)cc1OC. The van der Waals surface area contributed by atoms with E-state index < -0.39 is 0 Å². The number of alkyl carbamates (subject to hydrolysis) is 1. The van der Waals surface area contributed by atoms with Gasteiger partial charge in [-0.1, -0.05) is 31.0 Å². The standard InChI is InChI=1S/C36H51N5O6/c1-25-10-12-28(29-13-15-35(42)40-39-29)30(22-25)37-18-6-7-19-38-36(43)47-27-16-20-41(24-27)31-8-4-5-9-32(31)46-21-17-26-11-14-33(44-2)34(23-26)45-3/h10-12,14,22-23,27,31-32,37H,4-9,13,15-21,24H2,1-3H3,(H,38,43)(H,40,42)/t27-,31-,32-/m1/s1. The number of nitrogens with zero attached hydrogens (tertiary/aromatic N) is 2. The van der Waals surface area contributed by atoms with Gasteiger partial charge in [-0.05, 0) is 74.8 Å². The van der Waals surface area contributed by atoms with E-state index in [1.165, 1.54) is 12.8 Å². The molecule has 5 rings (SSSR count). The van der Waals surface area contributed by atoms with E-state index in [1.807, 2.05) is 12.1 Å². The number of ether oxygens (including phenoxy) is 4. The van der Waals surface area contributed by atoms with Gasteiger partial charge >= 0.3 is 6.09 Å². The summed E-state index contributed by atoms with van der Waals surface area (Å²) in [6.45, 7) is 5.72. The second kappa shape index (κ2) is 17.4. The van der Waals surface area contributed by atoms with Crippen molar-refractivity contribution in [2.24, 2.45) is 5.10 Å². The molecule has 2 amide bonds. The first-order chi connectivity index (χ1) is 22.9. The molecule has 11 nitrogen and oxygen atoms in total. The molecule has 1 saturated heterocycles. The van der Waals surface area contributed by atoms with Gasteiger partial charge in [-0.25, -0.2) is 10.2 Å². The predicted octanol–water partition coefficient (Wildman–Crippen LogP) is 5.19. The molecule has 256 valence electrons. The van der Waals surface area contributed by atoms with Crippen LogP contribution in [0.5, 0.6) is 11.5 Å². The quantitative estimate of drug-likeness (QED) is 0.226. The molecule has 47 heavy (non-hydrogen) atoms. The van der Waals surface area contributed by atoms with Crippen molar-refractivity contribution in [1.29, 1.82) is 0 Å². The number of hydrogen-bond donors (Lipinski definition) is 3. The monoisotopic (exact) mass is 649 g/mol. The zero-order valence-corrected chi connectivity index (χ0v) is 28.1. The smallest absolute Gasteiger partial charge is 0.407 e. The fraction of sp³-hybridized carbons (Fsp3) is 0.583. The highest BCUT2D eigenvalue weighted by Crippen LogP contribution is 2.30. The Morgan fingerprint density at radius 2 is 1.83 bits per heavy atom. The van der Waals surface area contributed by atoms with Crippen LogP contribution in [0, 0.1) is 6.92 Å². The van der Waals surface area contributed by atoms with E-state index in [0.717, 1.165) is 97.7 Å². The van der Waals surface area contributed by atoms with Gasteiger partial charge < -0.3 is 29.6 Å². The number of amides is 2. The minimum Gasteiger partial charge on any atom is -0.493 e. The lowest BCUT2D eigenvalue weighted by Gasteiger charge is -2.37. The van der Waals surface area contributed by atoms with E-state index in [2.05, 4.69) is 57.2 Å². The summed E-state index contributed by atoms with van der Waals surface area (Å²) in [7, 11) is 3.30. The third kappa shape index (κ3) is 9.84. The molecule has 3 N–H and O–H groups in total. The van der Waals surface area contributed by atoms with Gasteiger partial charge in [0.25, 0.3) is 0 Å². The predicted molar refractivity (Wildman–Crippen MR) is 183 cm³/mol. The van der Waals surface area contributed by atoms with Crippen molar-refractivity contribution in [2.45, 2.75) is 89.4 Å². The minimum absolute atomic E-state index is 0.0474. The summed E-state index contributed by atoms with van der Waals surface area (Å²) in [5.41, 5.74) is 7.83. The van der Waals surface area contributed by atoms with E-state index >= 15 is 0 Å². The Kier molecular flexibility index (Phi) is 12.7. The Morgan fingerprint density at radius 1 is 1.00 bits per heavy atom. The first kappa shape index (κ1) is 34.5. The fourth-order valence-corrected chi connectivity index (χ4v) is 6.79. The maximum Gasteiger partial charge on any atom is 0.407 e. The topological polar surface area (TPSA) is 123 Å². The Balaban J connectivity index is 0.988. The number of benzene rings is 2. The normalized spacial score (nSPS) is 21.5. The number of likely N-dealkylation sites (tertiary alicyclic amines) is 1. The van der Waals surface area contributed by atoms with Crippen molar-refractivity contribution in [1.82, 2.24) is 15.6 Å². The molecule has 2 aromatic carbocycles. The van der Waals surface area contributed by atoms with Crippen LogP contribution in [0.25, 0.3) is 0 Å². The molecule has 0 spiro atoms. The van der Waals surface area contributed by atoms with Crippen LogP contribution in [0.1, 0.15) is 74.5 Å². The third-order valence-electron chi connectivity index (χ3n) is 9.34. The van der Waals surface area contributed by atoms with Crippen LogP contribution in [-0.2, 0) is 20.7 Å². The molecule has 0 aromatic heterocycles. The third-order valence-corrected chi connectivity index (χ3v) is 9.34. The van der Waals surface area contributed by atoms with Gasteiger partial charge in [0.15, 0.2) is 11.5 Å². The highest BCUT2D eigenvalue weighted by atomic mass is 16.6. The molecule has 2 fully saturated rings. The van der Waals surface area contributed by atoms with Crippen molar-refractivity contribution >= 4 is 23.4 Å². The Bertz CT molecular complexity index is 1380. The summed E-state index contributed by atoms with van der Waals surface area (Å²) < 4.78 is 23.1. The van der Waals surface area contributed by atoms with Crippen molar-refractivity contribution < 1.29 is 28.5 Å². The molecule has 2 heterocycles. The molecule has 0 bridgehead atoms. The van der Waals surface area contributed by atoms with Gasteiger partial charge in [0, 0.05) is 56.3 Å². The van der Waals surface area contributed by atoms with Crippen molar-refractivity contribution in [3.05, 3.63) is 53.1 Å². The molecule has 2 aliphatic heterocycles. The molecule has 0 unspecified atom stereocenters. The Hall–Kier alpha value is -3.83. The number of unbranched alkanes of at least 4 members (excludes halogenated alkanes) is 1. The highest BCUT2D eigenvalue weighted by Gasteiger charge is 2.36. The van der Waals surface area contributed by atoms with Gasteiger partial charge in [-0.3, -0.25) is 9.69 Å². The van der Waals surface area contributed by atoms with Crippen LogP contribution in [0.2, 0.25) is 0 Å². The minimum atomic E-state index is -0.338. The first-order valence-electron chi connectivity index (χ1n) is 17.1. The summed E-state index contributed by atoms with van der Waals surface area (Å²) in [4.78, 5) is 26.6. The average Bonchev–Trinajstić information content (AvgIpc) is 3.55. The largest absolute Gasteiger partial charge is 0.493 e. The lowest BCUT2D eigenvalue weighted by molar-refractivity contribution is -0.121. The molecule has 11 heteroatoms. The number of anilines is 1. The van der Waals surface area contributed by atoms with Crippen LogP contribution in [0.3, 0.4) is 0 Å². The number of aryl methyl sites for hydroxylation is 1. The highest BCUT2D eigenvalue weighted by molar-refractivity contribution is 6.07. The zero-order chi connectivity index (χ0) is 33.0. The second-order valence-electron chi connectivity index (χ2n) is 12.7. The van der Waals surface area contributed by atoms with Crippen LogP contribution in [-0.4, -0.2) is 87.9 Å². The number of carbonyl (C=O) groups is 2. The van der Waals surface area contributed by atoms with E-state index in [-0.39, 0.29) is 24.2 Å². The lowest BCUT2D eigenvalue weighted by Crippen LogP contribution is -2.46. The van der Waals surface area contributed by atoms with Gasteiger partial charge in [0.05, 0.1) is 32.6 Å². The van der Waals surface area contributed by atoms with E-state index in [0.29, 0.717) is 32.0 Å². The number of hydrazone groups is 1. The molecule has 3 aliphatic rings. The van der Waals surface area contributed by atoms with Crippen molar-refractivity contribution in [3.8, 4) is 11.5 Å². The summed E-state index contributed by atoms with van der Waals surface area (Å²) in [6.07, 6.45) is 8.79. The second-order valence-corrected chi connectivity index (χ2v) is 12.7. The maximum atomic E-state index is 12.6. The van der Waals surface area contributed by atoms with E-state index in [4.69, 9.17) is 18.9 Å². The number of methoxy groups -OCH3 is 2. The molecular formula is C36H51N5O6. The van der Waals surface area contributed by atoms with E-state index in [9.17, 15) is 9.59 Å². The average molecular weight is 650 g/mol. The molecule has 0 radical (unpaired) electrons. The van der Waals surface area contributed by atoms with Gasteiger partial charge in [-0.2, -0.15) is 5.10 Å². The summed E-state index contributed by atoms with van der Waals surface area (Å²) >= 11 is 0. The van der Waals surface area contributed by atoms with Gasteiger partial charge in [0.1, 0.15) is 6.10 Å². The van der Waals surface area contributed by atoms with Crippen LogP contribution < -0.4 is 25.5 Å². The Morgan fingerprint density at radius 3 is 2.64 bits per heavy atom. The number of rotatable bonds is 15. The summed E-state index contributed by atoms with van der Waals surface area (Å²) in [5, 5.41) is 10.7. The molecular weight excluding hydrogens is 598 g/mol. The van der Waals surface area contributed by atoms with Crippen LogP contribution in [0.15, 0.2) is 41.5 Å². The Labute approximate surface area is 278 Å². The van der Waals surface area contributed by atoms with Gasteiger partial charge in [0.2, 0.25) is 5.91 Å². The van der Waals surface area contributed by atoms with Crippen molar-refractivity contribution in [3.63, 3.8) is 0 Å². The maximum absolute atomic E-state index is 12.6. The first-order valence-corrected chi connectivity index (χ1v) is 17.1. The number of carbonyl (C=O) groups excluding carboxylic acids is 2. The zero-order valence-electron chi connectivity index (χ0n) is 28.1. The molecule has 2 aromatic rings. The molecule has 1 aliphatic carbocycles. The number of nitrogens with one attached hydrogen (secondary N) is 3. The van der Waals surface area contributed by atoms with Gasteiger partial charge in [-0.15, -0.1) is 0 Å². The van der Waals surface area contributed by atoms with Crippen LogP contribution >= 0.6 is 0 Å². The van der Waals surface area contributed by atoms with E-state index in [1.54, 1.807) is 14.2 Å². The molecule has 3 atom stereocenters. The summed E-state index contributed by atoms with van der Waals surface area (Å²) in [6, 6.07) is 12.6. The van der Waals surface area contributed by atoms with Crippen LogP contribution in [0.4, 0.5) is 10.5 Å². The molecule has 1 saturated carbocycles. The number of hydrogen-bond acceptors (Lipinski definition) is 9. The fourth-order valence-electron chi connectivity index (χ4n) is 6.79.